The first-order chi connectivity index (χ1) is 13.7. The van der Waals surface area contributed by atoms with E-state index in [2.05, 4.69) is 15.1 Å². The van der Waals surface area contributed by atoms with Gasteiger partial charge in [-0.15, -0.1) is 0 Å². The number of pyridine rings is 1. The Morgan fingerprint density at radius 2 is 1.82 bits per heavy atom. The highest BCUT2D eigenvalue weighted by atomic mass is 16.6. The number of esters is 1. The number of aryl methyl sites for hydroxylation is 2. The molecule has 0 aliphatic heterocycles. The Morgan fingerprint density at radius 1 is 1.00 bits per heavy atom. The van der Waals surface area contributed by atoms with E-state index >= 15 is 0 Å². The first-order valence-corrected chi connectivity index (χ1v) is 9.07. The minimum atomic E-state index is -0.329. The Labute approximate surface area is 162 Å². The number of nitrogens with zero attached hydrogens (tertiary/aromatic N) is 3. The molecule has 0 unspecified atom stereocenters. The third kappa shape index (κ3) is 4.23. The molecule has 0 aliphatic rings. The number of benzene rings is 2. The Morgan fingerprint density at radius 3 is 2.68 bits per heavy atom. The van der Waals surface area contributed by atoms with Crippen molar-refractivity contribution < 1.29 is 14.1 Å². The van der Waals surface area contributed by atoms with Crippen LogP contribution in [0.5, 0.6) is 0 Å². The van der Waals surface area contributed by atoms with Gasteiger partial charge in [0.2, 0.25) is 5.82 Å². The van der Waals surface area contributed by atoms with Gasteiger partial charge in [0.1, 0.15) is 0 Å². The lowest BCUT2D eigenvalue weighted by atomic mass is 10.1. The van der Waals surface area contributed by atoms with Crippen LogP contribution in [0.3, 0.4) is 0 Å². The molecule has 2 heterocycles. The first-order valence-electron chi connectivity index (χ1n) is 9.07. The van der Waals surface area contributed by atoms with E-state index in [1.54, 1.807) is 0 Å². The van der Waals surface area contributed by atoms with Gasteiger partial charge in [-0.2, -0.15) is 4.98 Å². The summed E-state index contributed by atoms with van der Waals surface area (Å²) in [7, 11) is 0. The van der Waals surface area contributed by atoms with Crippen LogP contribution in [0.15, 0.2) is 65.2 Å². The molecule has 0 fully saturated rings. The van der Waals surface area contributed by atoms with E-state index in [0.717, 1.165) is 27.7 Å². The number of ether oxygens (including phenoxy) is 1. The zero-order chi connectivity index (χ0) is 19.3. The second-order valence-electron chi connectivity index (χ2n) is 6.53. The number of hydrogen-bond acceptors (Lipinski definition) is 6. The molecule has 4 rings (SSSR count). The van der Waals surface area contributed by atoms with Crippen LogP contribution in [-0.2, 0) is 22.6 Å². The summed E-state index contributed by atoms with van der Waals surface area (Å²) < 4.78 is 10.4. The van der Waals surface area contributed by atoms with Crippen LogP contribution in [0.25, 0.3) is 22.3 Å². The molecule has 0 N–H and O–H groups in total. The number of hydrogen-bond donors (Lipinski definition) is 0. The molecule has 140 valence electrons. The molecular weight excluding hydrogens is 354 g/mol. The van der Waals surface area contributed by atoms with Crippen molar-refractivity contribution in [3.05, 3.63) is 77.8 Å². The fourth-order valence-corrected chi connectivity index (χ4v) is 2.83. The Balaban J connectivity index is 1.30. The monoisotopic (exact) mass is 373 g/mol. The second kappa shape index (κ2) is 8.00. The maximum Gasteiger partial charge on any atom is 0.306 e. The maximum atomic E-state index is 12.0. The van der Waals surface area contributed by atoms with Crippen LogP contribution >= 0.6 is 0 Å². The predicted molar refractivity (Wildman–Crippen MR) is 104 cm³/mol. The fourth-order valence-electron chi connectivity index (χ4n) is 2.83. The molecule has 0 bridgehead atoms. The molecule has 0 amide bonds. The highest BCUT2D eigenvalue weighted by molar-refractivity contribution is 5.78. The second-order valence-corrected chi connectivity index (χ2v) is 6.53. The minimum absolute atomic E-state index is 0.0388. The van der Waals surface area contributed by atoms with Crippen LogP contribution in [0.4, 0.5) is 0 Å². The molecule has 0 saturated carbocycles. The zero-order valence-corrected chi connectivity index (χ0v) is 15.5. The Hall–Kier alpha value is -3.54. The smallest absolute Gasteiger partial charge is 0.306 e. The number of rotatable bonds is 6. The van der Waals surface area contributed by atoms with E-state index in [-0.39, 0.29) is 24.9 Å². The van der Waals surface area contributed by atoms with Crippen LogP contribution in [0.1, 0.15) is 23.6 Å². The third-order valence-corrected chi connectivity index (χ3v) is 4.38. The minimum Gasteiger partial charge on any atom is -0.456 e. The normalized spacial score (nSPS) is 10.9. The summed E-state index contributed by atoms with van der Waals surface area (Å²) in [6.45, 7) is 1.97. The first kappa shape index (κ1) is 17.9. The van der Waals surface area contributed by atoms with Crippen molar-refractivity contribution in [3.63, 3.8) is 0 Å². The number of fused-ring (bicyclic) bond motifs is 1. The van der Waals surface area contributed by atoms with E-state index in [1.807, 2.05) is 67.6 Å². The molecule has 6 heteroatoms. The SMILES string of the molecule is Cc1ccc(-c2noc(COC(=O)CCc3ccc4ccccc4n3)n2)cc1. The molecule has 0 spiro atoms. The van der Waals surface area contributed by atoms with Gasteiger partial charge in [-0.1, -0.05) is 59.3 Å². The summed E-state index contributed by atoms with van der Waals surface area (Å²) >= 11 is 0. The Bertz CT molecular complexity index is 1100. The van der Waals surface area contributed by atoms with Gasteiger partial charge in [-0.25, -0.2) is 0 Å². The summed E-state index contributed by atoms with van der Waals surface area (Å²) in [5.74, 6) is 0.421. The zero-order valence-electron chi connectivity index (χ0n) is 15.5. The Kier molecular flexibility index (Phi) is 5.10. The molecule has 2 aromatic heterocycles. The number of para-hydroxylation sites is 1. The molecule has 6 nitrogen and oxygen atoms in total. The van der Waals surface area contributed by atoms with Gasteiger partial charge in [0.25, 0.3) is 5.89 Å². The fraction of sp³-hybridized carbons (Fsp3) is 0.182. The molecule has 28 heavy (non-hydrogen) atoms. The van der Waals surface area contributed by atoms with Gasteiger partial charge in [-0.05, 0) is 19.1 Å². The highest BCUT2D eigenvalue weighted by Crippen LogP contribution is 2.17. The van der Waals surface area contributed by atoms with Gasteiger partial charge in [-0.3, -0.25) is 9.78 Å². The van der Waals surface area contributed by atoms with Gasteiger partial charge in [0.15, 0.2) is 6.61 Å². The molecule has 0 saturated heterocycles. The molecule has 0 atom stereocenters. The maximum absolute atomic E-state index is 12.0. The van der Waals surface area contributed by atoms with Gasteiger partial charge < -0.3 is 9.26 Å². The lowest BCUT2D eigenvalue weighted by Crippen LogP contribution is -2.06. The molecule has 2 aromatic carbocycles. The van der Waals surface area contributed by atoms with Crippen LogP contribution in [-0.4, -0.2) is 21.1 Å². The predicted octanol–water partition coefficient (Wildman–Crippen LogP) is 4.27. The van der Waals surface area contributed by atoms with E-state index in [4.69, 9.17) is 9.26 Å². The van der Waals surface area contributed by atoms with E-state index in [9.17, 15) is 4.79 Å². The number of aromatic nitrogens is 3. The van der Waals surface area contributed by atoms with Crippen molar-refractivity contribution in [3.8, 4) is 11.4 Å². The topological polar surface area (TPSA) is 78.1 Å². The van der Waals surface area contributed by atoms with Crippen LogP contribution in [0, 0.1) is 6.92 Å². The average Bonchev–Trinajstić information content (AvgIpc) is 3.20. The standard InChI is InChI=1S/C22H19N3O3/c1-15-6-8-17(9-7-15)22-24-20(28-25-22)14-27-21(26)13-12-18-11-10-16-4-2-3-5-19(16)23-18/h2-11H,12-14H2,1H3. The lowest BCUT2D eigenvalue weighted by molar-refractivity contribution is -0.145. The van der Waals surface area contributed by atoms with Gasteiger partial charge >= 0.3 is 5.97 Å². The van der Waals surface area contributed by atoms with Gasteiger partial charge in [0, 0.05) is 23.1 Å². The molecule has 0 radical (unpaired) electrons. The van der Waals surface area contributed by atoms with Crippen molar-refractivity contribution in [1.29, 1.82) is 0 Å². The summed E-state index contributed by atoms with van der Waals surface area (Å²) in [6, 6.07) is 19.6. The van der Waals surface area contributed by atoms with Crippen molar-refractivity contribution in [2.45, 2.75) is 26.4 Å². The average molecular weight is 373 g/mol. The van der Waals surface area contributed by atoms with Crippen LogP contribution < -0.4 is 0 Å². The molecular formula is C22H19N3O3. The molecule has 0 aliphatic carbocycles. The number of carbonyl (C=O) groups is 1. The highest BCUT2D eigenvalue weighted by Gasteiger charge is 2.11. The van der Waals surface area contributed by atoms with Crippen molar-refractivity contribution in [2.24, 2.45) is 0 Å². The van der Waals surface area contributed by atoms with Crippen molar-refractivity contribution in [1.82, 2.24) is 15.1 Å². The largest absolute Gasteiger partial charge is 0.456 e. The van der Waals surface area contributed by atoms with Gasteiger partial charge in [0.05, 0.1) is 11.9 Å². The third-order valence-electron chi connectivity index (χ3n) is 4.38. The van der Waals surface area contributed by atoms with Crippen LogP contribution in [0.2, 0.25) is 0 Å². The lowest BCUT2D eigenvalue weighted by Gasteiger charge is -2.03. The summed E-state index contributed by atoms with van der Waals surface area (Å²) in [5, 5.41) is 5.01. The quantitative estimate of drug-likeness (QED) is 0.470. The molecule has 4 aromatic rings. The summed E-state index contributed by atoms with van der Waals surface area (Å²) in [4.78, 5) is 20.9. The summed E-state index contributed by atoms with van der Waals surface area (Å²) in [6.07, 6.45) is 0.756. The summed E-state index contributed by atoms with van der Waals surface area (Å²) in [5.41, 5.74) is 3.79. The van der Waals surface area contributed by atoms with E-state index in [1.165, 1.54) is 0 Å². The number of carbonyl (C=O) groups excluding carboxylic acids is 1. The van der Waals surface area contributed by atoms with Crippen molar-refractivity contribution >= 4 is 16.9 Å². The van der Waals surface area contributed by atoms with Crippen molar-refractivity contribution in [2.75, 3.05) is 0 Å². The van der Waals surface area contributed by atoms with E-state index < -0.39 is 0 Å². The van der Waals surface area contributed by atoms with E-state index in [0.29, 0.717) is 12.2 Å².